The Morgan fingerprint density at radius 2 is 1.86 bits per heavy atom. The van der Waals surface area contributed by atoms with E-state index in [9.17, 15) is 4.79 Å². The molecule has 0 N–H and O–H groups in total. The minimum Gasteiger partial charge on any atom is -0.296 e. The molecule has 3 nitrogen and oxygen atoms in total. The zero-order valence-electron chi connectivity index (χ0n) is 7.42. The first-order valence-corrected chi connectivity index (χ1v) is 4.23. The van der Waals surface area contributed by atoms with E-state index in [1.165, 1.54) is 0 Å². The third kappa shape index (κ3) is 1.66. The second kappa shape index (κ2) is 3.79. The molecule has 0 unspecified atom stereocenters. The van der Waals surface area contributed by atoms with E-state index in [1.807, 2.05) is 24.3 Å². The number of aromatic nitrogens is 2. The first kappa shape index (κ1) is 8.56. The van der Waals surface area contributed by atoms with Crippen LogP contribution in [0.15, 0.2) is 42.7 Å². The SMILES string of the molecule is O=Cc1cccc(-c2ccncc2)n1. The normalized spacial score (nSPS) is 9.71. The van der Waals surface area contributed by atoms with Gasteiger partial charge in [0.2, 0.25) is 0 Å². The van der Waals surface area contributed by atoms with Gasteiger partial charge in [0.25, 0.3) is 0 Å². The van der Waals surface area contributed by atoms with Crippen LogP contribution in [0.25, 0.3) is 11.3 Å². The van der Waals surface area contributed by atoms with Gasteiger partial charge in [-0.3, -0.25) is 9.78 Å². The molecular weight excluding hydrogens is 176 g/mol. The van der Waals surface area contributed by atoms with E-state index in [1.54, 1.807) is 18.5 Å². The molecule has 0 atom stereocenters. The highest BCUT2D eigenvalue weighted by Gasteiger charge is 1.98. The van der Waals surface area contributed by atoms with E-state index in [2.05, 4.69) is 9.97 Å². The van der Waals surface area contributed by atoms with Crippen molar-refractivity contribution in [1.29, 1.82) is 0 Å². The van der Waals surface area contributed by atoms with Gasteiger partial charge < -0.3 is 0 Å². The highest BCUT2D eigenvalue weighted by atomic mass is 16.1. The van der Waals surface area contributed by atoms with Gasteiger partial charge in [0, 0.05) is 18.0 Å². The van der Waals surface area contributed by atoms with Crippen LogP contribution in [0.3, 0.4) is 0 Å². The van der Waals surface area contributed by atoms with Crippen LogP contribution in [-0.2, 0) is 0 Å². The van der Waals surface area contributed by atoms with Crippen molar-refractivity contribution in [2.75, 3.05) is 0 Å². The van der Waals surface area contributed by atoms with Gasteiger partial charge >= 0.3 is 0 Å². The lowest BCUT2D eigenvalue weighted by molar-refractivity contribution is 0.111. The van der Waals surface area contributed by atoms with Crippen LogP contribution < -0.4 is 0 Å². The van der Waals surface area contributed by atoms with Crippen LogP contribution in [0.1, 0.15) is 10.5 Å². The lowest BCUT2D eigenvalue weighted by Crippen LogP contribution is -1.89. The van der Waals surface area contributed by atoms with Gasteiger partial charge in [0.1, 0.15) is 5.69 Å². The number of aldehydes is 1. The molecule has 0 aliphatic carbocycles. The van der Waals surface area contributed by atoms with Crippen LogP contribution in [0, 0.1) is 0 Å². The molecule has 0 aliphatic rings. The molecule has 0 amide bonds. The smallest absolute Gasteiger partial charge is 0.168 e. The molecule has 14 heavy (non-hydrogen) atoms. The number of carbonyl (C=O) groups is 1. The quantitative estimate of drug-likeness (QED) is 0.670. The Morgan fingerprint density at radius 1 is 1.07 bits per heavy atom. The van der Waals surface area contributed by atoms with Crippen molar-refractivity contribution in [3.63, 3.8) is 0 Å². The number of rotatable bonds is 2. The molecule has 3 heteroatoms. The Kier molecular flexibility index (Phi) is 2.32. The van der Waals surface area contributed by atoms with Crippen molar-refractivity contribution in [3.05, 3.63) is 48.4 Å². The largest absolute Gasteiger partial charge is 0.296 e. The van der Waals surface area contributed by atoms with Gasteiger partial charge in [-0.25, -0.2) is 4.98 Å². The second-order valence-corrected chi connectivity index (χ2v) is 2.80. The van der Waals surface area contributed by atoms with Crippen molar-refractivity contribution in [3.8, 4) is 11.3 Å². The predicted octanol–water partition coefficient (Wildman–Crippen LogP) is 1.96. The fraction of sp³-hybridized carbons (Fsp3) is 0. The standard InChI is InChI=1S/C11H8N2O/c14-8-10-2-1-3-11(13-10)9-4-6-12-7-5-9/h1-8H. The second-order valence-electron chi connectivity index (χ2n) is 2.80. The lowest BCUT2D eigenvalue weighted by Gasteiger charge is -1.99. The van der Waals surface area contributed by atoms with Crippen molar-refractivity contribution in [2.45, 2.75) is 0 Å². The van der Waals surface area contributed by atoms with E-state index in [0.29, 0.717) is 5.69 Å². The van der Waals surface area contributed by atoms with Crippen molar-refractivity contribution < 1.29 is 4.79 Å². The van der Waals surface area contributed by atoms with E-state index in [-0.39, 0.29) is 0 Å². The summed E-state index contributed by atoms with van der Waals surface area (Å²) in [5, 5.41) is 0. The van der Waals surface area contributed by atoms with E-state index in [0.717, 1.165) is 17.5 Å². The molecule has 0 fully saturated rings. The molecular formula is C11H8N2O. The van der Waals surface area contributed by atoms with Crippen LogP contribution >= 0.6 is 0 Å². The lowest BCUT2D eigenvalue weighted by atomic mass is 10.2. The summed E-state index contributed by atoms with van der Waals surface area (Å²) in [5.41, 5.74) is 2.19. The summed E-state index contributed by atoms with van der Waals surface area (Å²) in [6, 6.07) is 9.07. The number of pyridine rings is 2. The van der Waals surface area contributed by atoms with Gasteiger partial charge in [-0.15, -0.1) is 0 Å². The zero-order chi connectivity index (χ0) is 9.80. The average molecular weight is 184 g/mol. The van der Waals surface area contributed by atoms with Gasteiger partial charge in [-0.1, -0.05) is 6.07 Å². The Bertz CT molecular complexity index is 440. The molecule has 0 spiro atoms. The highest BCUT2D eigenvalue weighted by Crippen LogP contribution is 2.14. The first-order chi connectivity index (χ1) is 6.90. The molecule has 0 aromatic carbocycles. The topological polar surface area (TPSA) is 42.9 Å². The van der Waals surface area contributed by atoms with Gasteiger partial charge in [0.05, 0.1) is 5.69 Å². The molecule has 2 heterocycles. The maximum absolute atomic E-state index is 10.5. The van der Waals surface area contributed by atoms with Gasteiger partial charge in [-0.05, 0) is 24.3 Å². The maximum Gasteiger partial charge on any atom is 0.168 e. The third-order valence-corrected chi connectivity index (χ3v) is 1.87. The molecule has 2 rings (SSSR count). The third-order valence-electron chi connectivity index (χ3n) is 1.87. The molecule has 0 saturated heterocycles. The number of nitrogens with zero attached hydrogens (tertiary/aromatic N) is 2. The zero-order valence-corrected chi connectivity index (χ0v) is 7.42. The van der Waals surface area contributed by atoms with Crippen LogP contribution in [0.2, 0.25) is 0 Å². The minimum atomic E-state index is 0.444. The highest BCUT2D eigenvalue weighted by molar-refractivity contribution is 5.73. The Labute approximate surface area is 81.5 Å². The average Bonchev–Trinajstić information content (AvgIpc) is 2.30. The Hall–Kier alpha value is -2.03. The molecule has 2 aromatic heterocycles. The van der Waals surface area contributed by atoms with Crippen LogP contribution in [0.4, 0.5) is 0 Å². The molecule has 0 radical (unpaired) electrons. The van der Waals surface area contributed by atoms with Gasteiger partial charge in [-0.2, -0.15) is 0 Å². The first-order valence-electron chi connectivity index (χ1n) is 4.23. The van der Waals surface area contributed by atoms with E-state index >= 15 is 0 Å². The summed E-state index contributed by atoms with van der Waals surface area (Å²) < 4.78 is 0. The maximum atomic E-state index is 10.5. The van der Waals surface area contributed by atoms with E-state index in [4.69, 9.17) is 0 Å². The summed E-state index contributed by atoms with van der Waals surface area (Å²) in [6.07, 6.45) is 4.14. The fourth-order valence-corrected chi connectivity index (χ4v) is 1.20. The predicted molar refractivity (Wildman–Crippen MR) is 52.9 cm³/mol. The van der Waals surface area contributed by atoms with Gasteiger partial charge in [0.15, 0.2) is 6.29 Å². The minimum absolute atomic E-state index is 0.444. The molecule has 0 saturated carbocycles. The summed E-state index contributed by atoms with van der Waals surface area (Å²) in [7, 11) is 0. The summed E-state index contributed by atoms with van der Waals surface area (Å²) in [6.45, 7) is 0. The van der Waals surface area contributed by atoms with Crippen molar-refractivity contribution >= 4 is 6.29 Å². The number of carbonyl (C=O) groups excluding carboxylic acids is 1. The molecule has 0 aliphatic heterocycles. The fourth-order valence-electron chi connectivity index (χ4n) is 1.20. The summed E-state index contributed by atoms with van der Waals surface area (Å²) in [5.74, 6) is 0. The number of hydrogen-bond donors (Lipinski definition) is 0. The molecule has 0 bridgehead atoms. The summed E-state index contributed by atoms with van der Waals surface area (Å²) >= 11 is 0. The van der Waals surface area contributed by atoms with Crippen molar-refractivity contribution in [1.82, 2.24) is 9.97 Å². The Morgan fingerprint density at radius 3 is 2.57 bits per heavy atom. The Balaban J connectivity index is 2.47. The van der Waals surface area contributed by atoms with Crippen molar-refractivity contribution in [2.24, 2.45) is 0 Å². The molecule has 2 aromatic rings. The van der Waals surface area contributed by atoms with Crippen LogP contribution in [0.5, 0.6) is 0 Å². The van der Waals surface area contributed by atoms with Crippen LogP contribution in [-0.4, -0.2) is 16.3 Å². The summed E-state index contributed by atoms with van der Waals surface area (Å²) in [4.78, 5) is 18.6. The number of hydrogen-bond acceptors (Lipinski definition) is 3. The monoisotopic (exact) mass is 184 g/mol. The molecule has 68 valence electrons. The van der Waals surface area contributed by atoms with E-state index < -0.39 is 0 Å².